The van der Waals surface area contributed by atoms with Crippen molar-refractivity contribution in [3.63, 3.8) is 0 Å². The quantitative estimate of drug-likeness (QED) is 0.243. The third-order valence-electron chi connectivity index (χ3n) is 14.9. The van der Waals surface area contributed by atoms with Gasteiger partial charge in [0.1, 0.15) is 18.2 Å². The van der Waals surface area contributed by atoms with E-state index in [2.05, 4.69) is 42.8 Å². The first kappa shape index (κ1) is 36.3. The van der Waals surface area contributed by atoms with Gasteiger partial charge in [-0.15, -0.1) is 0 Å². The Hall–Kier alpha value is -4.74. The molecule has 2 atom stereocenters. The van der Waals surface area contributed by atoms with E-state index in [1.165, 1.54) is 23.2 Å². The number of nitrogens with one attached hydrogen (secondary N) is 1. The average molecular weight is 801 g/mol. The van der Waals surface area contributed by atoms with E-state index in [4.69, 9.17) is 21.3 Å². The third-order valence-corrected chi connectivity index (χ3v) is 15.2. The minimum Gasteiger partial charge on any atom is -0.489 e. The monoisotopic (exact) mass is 800 g/mol. The lowest BCUT2D eigenvalue weighted by atomic mass is 9.69. The third kappa shape index (κ3) is 5.74. The molecule has 11 rings (SSSR count). The van der Waals surface area contributed by atoms with Crippen LogP contribution in [0.2, 0.25) is 5.02 Å². The highest BCUT2D eigenvalue weighted by Gasteiger charge is 2.47. The number of fused-ring (bicyclic) bond motifs is 10. The van der Waals surface area contributed by atoms with E-state index in [1.54, 1.807) is 6.07 Å². The molecule has 3 amide bonds. The molecule has 7 aliphatic rings. The SMILES string of the molecule is O=C1CCC(c2ccc3c(c2)OC[C@H]2CN(C(=O)C4CC(N5CCC(c6ccc7c(c6)-n6c(nc(=O)c8c(Cl)cccc86)C76CCCCC6)CC5)C4)CCN32)C(=O)N1. The first-order valence-corrected chi connectivity index (χ1v) is 21.9. The molecule has 3 saturated heterocycles. The number of halogens is 1. The molecule has 58 heavy (non-hydrogen) atoms. The van der Waals surface area contributed by atoms with Crippen LogP contribution in [-0.2, 0) is 19.8 Å². The van der Waals surface area contributed by atoms with Gasteiger partial charge in [0, 0.05) is 38.0 Å². The zero-order valence-corrected chi connectivity index (χ0v) is 33.5. The van der Waals surface area contributed by atoms with Gasteiger partial charge in [0.15, 0.2) is 0 Å². The first-order chi connectivity index (χ1) is 28.3. The van der Waals surface area contributed by atoms with Gasteiger partial charge in [0.2, 0.25) is 17.7 Å². The van der Waals surface area contributed by atoms with Crippen molar-refractivity contribution in [2.45, 2.75) is 100.0 Å². The Balaban J connectivity index is 0.723. The topological polar surface area (TPSA) is 117 Å². The summed E-state index contributed by atoms with van der Waals surface area (Å²) in [5.74, 6) is 1.68. The molecule has 4 aromatic rings. The fourth-order valence-corrected chi connectivity index (χ4v) is 12.0. The van der Waals surface area contributed by atoms with Gasteiger partial charge in [-0.05, 0) is 111 Å². The maximum absolute atomic E-state index is 13.8. The van der Waals surface area contributed by atoms with Gasteiger partial charge in [-0.3, -0.25) is 29.1 Å². The standard InChI is InChI=1S/C46H49ClN6O5/c47-35-5-4-6-37-41(35)43(56)49-45-46(15-2-1-3-16-46)34-10-7-28(23-38(34)53(37)45)27-13-17-50(18-14-27)31-21-30(22-31)44(57)51-19-20-52-32(25-51)26-58-39-24-29(8-11-36(39)52)33-9-12-40(54)48-42(33)55/h4-8,10-11,23-24,27,30-33H,1-3,9,12-22,25-26H2,(H,48,54,55)/t30?,31?,32-,33?/m1/s1. The second-order valence-electron chi connectivity index (χ2n) is 17.9. The molecule has 2 aliphatic carbocycles. The number of hydrogen-bond acceptors (Lipinski definition) is 8. The Morgan fingerprint density at radius 3 is 2.48 bits per heavy atom. The highest BCUT2D eigenvalue weighted by Crippen LogP contribution is 2.52. The van der Waals surface area contributed by atoms with Crippen LogP contribution in [0.1, 0.15) is 105 Å². The Morgan fingerprint density at radius 2 is 1.67 bits per heavy atom. The summed E-state index contributed by atoms with van der Waals surface area (Å²) in [5.41, 5.74) is 6.12. The number of benzene rings is 3. The second kappa shape index (κ2) is 13.9. The highest BCUT2D eigenvalue weighted by atomic mass is 35.5. The molecule has 3 aromatic carbocycles. The van der Waals surface area contributed by atoms with Gasteiger partial charge in [0.25, 0.3) is 5.56 Å². The Kier molecular flexibility index (Phi) is 8.73. The van der Waals surface area contributed by atoms with Gasteiger partial charge in [-0.1, -0.05) is 55.1 Å². The Bertz CT molecular complexity index is 2430. The molecule has 6 heterocycles. The van der Waals surface area contributed by atoms with Crippen molar-refractivity contribution >= 4 is 45.9 Å². The molecule has 5 fully saturated rings. The average Bonchev–Trinajstić information content (AvgIpc) is 3.47. The molecule has 12 heteroatoms. The number of piperazine rings is 1. The molecule has 0 bridgehead atoms. The molecule has 0 radical (unpaired) electrons. The van der Waals surface area contributed by atoms with Gasteiger partial charge < -0.3 is 19.4 Å². The number of piperidine rings is 2. The van der Waals surface area contributed by atoms with Gasteiger partial charge >= 0.3 is 0 Å². The Morgan fingerprint density at radius 1 is 0.862 bits per heavy atom. The van der Waals surface area contributed by atoms with E-state index < -0.39 is 0 Å². The molecular weight excluding hydrogens is 752 g/mol. The summed E-state index contributed by atoms with van der Waals surface area (Å²) in [6.07, 6.45) is 10.4. The number of amides is 3. The predicted molar refractivity (Wildman–Crippen MR) is 221 cm³/mol. The fourth-order valence-electron chi connectivity index (χ4n) is 11.7. The zero-order chi connectivity index (χ0) is 39.3. The van der Waals surface area contributed by atoms with Crippen LogP contribution in [0.25, 0.3) is 16.6 Å². The van der Waals surface area contributed by atoms with Crippen molar-refractivity contribution in [2.75, 3.05) is 44.2 Å². The number of likely N-dealkylation sites (tertiary alicyclic amines) is 1. The number of rotatable bonds is 4. The minimum atomic E-state index is -0.344. The van der Waals surface area contributed by atoms with Crippen LogP contribution >= 0.6 is 11.6 Å². The van der Waals surface area contributed by atoms with E-state index in [-0.39, 0.29) is 46.6 Å². The lowest BCUT2D eigenvalue weighted by molar-refractivity contribution is -0.142. The van der Waals surface area contributed by atoms with Crippen molar-refractivity contribution in [1.29, 1.82) is 0 Å². The highest BCUT2D eigenvalue weighted by molar-refractivity contribution is 6.35. The lowest BCUT2D eigenvalue weighted by Gasteiger charge is -2.49. The molecule has 5 aliphatic heterocycles. The fraction of sp³-hybridized carbons (Fsp3) is 0.500. The lowest BCUT2D eigenvalue weighted by Crippen LogP contribution is -2.61. The largest absolute Gasteiger partial charge is 0.489 e. The second-order valence-corrected chi connectivity index (χ2v) is 18.3. The van der Waals surface area contributed by atoms with Crippen LogP contribution in [0.15, 0.2) is 59.4 Å². The van der Waals surface area contributed by atoms with Crippen LogP contribution in [-0.4, -0.2) is 88.5 Å². The van der Waals surface area contributed by atoms with Gasteiger partial charge in [-0.25, -0.2) is 0 Å². The van der Waals surface area contributed by atoms with E-state index in [0.717, 1.165) is 99.3 Å². The van der Waals surface area contributed by atoms with Crippen molar-refractivity contribution in [2.24, 2.45) is 5.92 Å². The van der Waals surface area contributed by atoms with E-state index in [1.807, 2.05) is 30.3 Å². The predicted octanol–water partition coefficient (Wildman–Crippen LogP) is 6.19. The molecule has 300 valence electrons. The summed E-state index contributed by atoms with van der Waals surface area (Å²) < 4.78 is 8.49. The molecular formula is C46H49ClN6O5. The van der Waals surface area contributed by atoms with Crippen LogP contribution in [0, 0.1) is 5.92 Å². The number of ether oxygens (including phenoxy) is 1. The number of nitrogens with zero attached hydrogens (tertiary/aromatic N) is 5. The van der Waals surface area contributed by atoms with Crippen molar-refractivity contribution in [1.82, 2.24) is 24.7 Å². The molecule has 1 unspecified atom stereocenters. The number of carbonyl (C=O) groups is 3. The maximum Gasteiger partial charge on any atom is 0.282 e. The van der Waals surface area contributed by atoms with Crippen LogP contribution in [0.4, 0.5) is 5.69 Å². The van der Waals surface area contributed by atoms with Gasteiger partial charge in [0.05, 0.1) is 44.7 Å². The van der Waals surface area contributed by atoms with Crippen LogP contribution in [0.5, 0.6) is 5.75 Å². The summed E-state index contributed by atoms with van der Waals surface area (Å²) in [6, 6.07) is 19.4. The zero-order valence-electron chi connectivity index (χ0n) is 32.8. The molecule has 1 spiro atoms. The minimum absolute atomic E-state index is 0.0784. The van der Waals surface area contributed by atoms with E-state index in [0.29, 0.717) is 54.9 Å². The molecule has 2 saturated carbocycles. The van der Waals surface area contributed by atoms with Crippen molar-refractivity contribution in [3.8, 4) is 11.4 Å². The van der Waals surface area contributed by atoms with E-state index >= 15 is 0 Å². The number of imide groups is 1. The number of aromatic nitrogens is 2. The smallest absolute Gasteiger partial charge is 0.282 e. The molecule has 1 N–H and O–H groups in total. The normalized spacial score (nSPS) is 26.6. The number of carbonyl (C=O) groups excluding carboxylic acids is 3. The van der Waals surface area contributed by atoms with Crippen molar-refractivity contribution < 1.29 is 19.1 Å². The summed E-state index contributed by atoms with van der Waals surface area (Å²) >= 11 is 6.61. The molecule has 1 aromatic heterocycles. The van der Waals surface area contributed by atoms with Crippen molar-refractivity contribution in [3.05, 3.63) is 92.5 Å². The van der Waals surface area contributed by atoms with Crippen LogP contribution < -0.4 is 20.5 Å². The summed E-state index contributed by atoms with van der Waals surface area (Å²) in [5, 5.41) is 3.42. The van der Waals surface area contributed by atoms with Crippen LogP contribution in [0.3, 0.4) is 0 Å². The maximum atomic E-state index is 13.8. The summed E-state index contributed by atoms with van der Waals surface area (Å²) in [6.45, 7) is 4.66. The van der Waals surface area contributed by atoms with Gasteiger partial charge in [-0.2, -0.15) is 4.98 Å². The Labute approximate surface area is 342 Å². The number of hydrogen-bond donors (Lipinski definition) is 1. The summed E-state index contributed by atoms with van der Waals surface area (Å²) in [7, 11) is 0. The molecule has 11 nitrogen and oxygen atoms in total. The summed E-state index contributed by atoms with van der Waals surface area (Å²) in [4.78, 5) is 63.1. The van der Waals surface area contributed by atoms with E-state index in [9.17, 15) is 19.2 Å². The first-order valence-electron chi connectivity index (χ1n) is 21.5. The number of anilines is 1.